The Morgan fingerprint density at radius 2 is 1.81 bits per heavy atom. The van der Waals surface area contributed by atoms with Crippen LogP contribution in [0.5, 0.6) is 0 Å². The van der Waals surface area contributed by atoms with Gasteiger partial charge < -0.3 is 14.2 Å². The lowest BCUT2D eigenvalue weighted by atomic mass is 10.1. The largest absolute Gasteiger partial charge is 0.466 e. The van der Waals surface area contributed by atoms with Gasteiger partial charge in [-0.3, -0.25) is 9.59 Å². The summed E-state index contributed by atoms with van der Waals surface area (Å²) in [5.74, 6) is -1.42. The molecular formula is C22H29NO6S2. The number of ether oxygens (including phenoxy) is 3. The van der Waals surface area contributed by atoms with Crippen LogP contribution in [0.3, 0.4) is 0 Å². The van der Waals surface area contributed by atoms with Crippen LogP contribution in [-0.2, 0) is 23.8 Å². The molecule has 1 atom stereocenters. The van der Waals surface area contributed by atoms with Crippen molar-refractivity contribution in [3.05, 3.63) is 23.8 Å². The van der Waals surface area contributed by atoms with E-state index in [0.717, 1.165) is 40.2 Å². The molecule has 0 saturated heterocycles. The number of thioether (sulfide) groups is 1. The van der Waals surface area contributed by atoms with Crippen LogP contribution in [0.4, 0.5) is 0 Å². The molecule has 7 nitrogen and oxygen atoms in total. The van der Waals surface area contributed by atoms with Gasteiger partial charge in [0.25, 0.3) is 0 Å². The minimum absolute atomic E-state index is 0.0148. The number of nitrogens with zero attached hydrogens (tertiary/aromatic N) is 1. The van der Waals surface area contributed by atoms with Gasteiger partial charge >= 0.3 is 17.9 Å². The molecule has 2 rings (SSSR count). The fraction of sp³-hybridized carbons (Fsp3) is 0.545. The number of rotatable bonds is 13. The molecule has 0 aliphatic heterocycles. The van der Waals surface area contributed by atoms with Crippen molar-refractivity contribution in [2.24, 2.45) is 5.92 Å². The van der Waals surface area contributed by atoms with Gasteiger partial charge in [0, 0.05) is 5.75 Å². The molecule has 1 aromatic heterocycles. The van der Waals surface area contributed by atoms with E-state index < -0.39 is 17.9 Å². The molecule has 0 amide bonds. The molecule has 31 heavy (non-hydrogen) atoms. The Labute approximate surface area is 190 Å². The standard InChI is InChI=1S/C22H29NO6S2/c1-4-6-10-28-19(24)13-16(21(26)29-11-7-5-2)14-30-22-23-17-9-8-15(20(25)27-3)12-18(17)31-22/h8-9,12,16H,4-7,10-11,13-14H2,1-3H3. The molecule has 170 valence electrons. The zero-order valence-corrected chi connectivity index (χ0v) is 19.8. The fourth-order valence-electron chi connectivity index (χ4n) is 2.62. The molecule has 1 heterocycles. The second kappa shape index (κ2) is 13.3. The maximum absolute atomic E-state index is 12.5. The minimum atomic E-state index is -0.603. The third-order valence-electron chi connectivity index (χ3n) is 4.45. The molecular weight excluding hydrogens is 438 g/mol. The molecule has 0 radical (unpaired) electrons. The van der Waals surface area contributed by atoms with E-state index in [1.165, 1.54) is 30.2 Å². The number of unbranched alkanes of at least 4 members (excludes halogenated alkanes) is 2. The maximum Gasteiger partial charge on any atom is 0.337 e. The normalized spacial score (nSPS) is 11.8. The van der Waals surface area contributed by atoms with Gasteiger partial charge in [0.2, 0.25) is 0 Å². The van der Waals surface area contributed by atoms with E-state index in [1.54, 1.807) is 18.2 Å². The van der Waals surface area contributed by atoms with E-state index >= 15 is 0 Å². The average Bonchev–Trinajstić information content (AvgIpc) is 3.18. The number of esters is 3. The number of hydrogen-bond acceptors (Lipinski definition) is 9. The lowest BCUT2D eigenvalue weighted by Gasteiger charge is -2.14. The molecule has 1 aromatic carbocycles. The van der Waals surface area contributed by atoms with Crippen LogP contribution in [0.2, 0.25) is 0 Å². The molecule has 0 aliphatic carbocycles. The highest BCUT2D eigenvalue weighted by atomic mass is 32.2. The fourth-order valence-corrected chi connectivity index (χ4v) is 4.82. The van der Waals surface area contributed by atoms with E-state index in [-0.39, 0.29) is 12.4 Å². The Morgan fingerprint density at radius 3 is 2.48 bits per heavy atom. The summed E-state index contributed by atoms with van der Waals surface area (Å²) in [7, 11) is 1.34. The summed E-state index contributed by atoms with van der Waals surface area (Å²) in [6.07, 6.45) is 3.42. The molecule has 0 bridgehead atoms. The Bertz CT molecular complexity index is 882. The minimum Gasteiger partial charge on any atom is -0.466 e. The van der Waals surface area contributed by atoms with Crippen LogP contribution in [0.15, 0.2) is 22.5 Å². The van der Waals surface area contributed by atoms with Crippen LogP contribution in [-0.4, -0.2) is 49.0 Å². The van der Waals surface area contributed by atoms with Crippen LogP contribution in [0.25, 0.3) is 10.2 Å². The third-order valence-corrected chi connectivity index (χ3v) is 6.77. The summed E-state index contributed by atoms with van der Waals surface area (Å²) in [6, 6.07) is 5.18. The van der Waals surface area contributed by atoms with E-state index in [4.69, 9.17) is 14.2 Å². The molecule has 0 saturated carbocycles. The highest BCUT2D eigenvalue weighted by molar-refractivity contribution is 8.01. The van der Waals surface area contributed by atoms with Gasteiger partial charge in [-0.15, -0.1) is 11.3 Å². The van der Waals surface area contributed by atoms with Crippen molar-refractivity contribution >= 4 is 51.2 Å². The lowest BCUT2D eigenvalue weighted by Crippen LogP contribution is -2.24. The lowest BCUT2D eigenvalue weighted by molar-refractivity contribution is -0.154. The summed E-state index contributed by atoms with van der Waals surface area (Å²) in [6.45, 7) is 4.74. The number of thiazole rings is 1. The first-order valence-electron chi connectivity index (χ1n) is 10.4. The zero-order valence-electron chi connectivity index (χ0n) is 18.2. The van der Waals surface area contributed by atoms with Gasteiger partial charge in [0.1, 0.15) is 0 Å². The van der Waals surface area contributed by atoms with E-state index in [2.05, 4.69) is 4.98 Å². The molecule has 0 fully saturated rings. The number of carbonyl (C=O) groups is 3. The monoisotopic (exact) mass is 467 g/mol. The van der Waals surface area contributed by atoms with Crippen molar-refractivity contribution in [1.29, 1.82) is 0 Å². The molecule has 2 aromatic rings. The van der Waals surface area contributed by atoms with Crippen molar-refractivity contribution in [3.63, 3.8) is 0 Å². The summed E-state index contributed by atoms with van der Waals surface area (Å²) < 4.78 is 16.9. The SMILES string of the molecule is CCCCOC(=O)CC(CSc1nc2ccc(C(=O)OC)cc2s1)C(=O)OCCCC. The average molecular weight is 468 g/mol. The van der Waals surface area contributed by atoms with Crippen LogP contribution in [0.1, 0.15) is 56.3 Å². The van der Waals surface area contributed by atoms with Crippen LogP contribution >= 0.6 is 23.1 Å². The van der Waals surface area contributed by atoms with Gasteiger partial charge in [-0.25, -0.2) is 9.78 Å². The maximum atomic E-state index is 12.5. The van der Waals surface area contributed by atoms with Gasteiger partial charge in [-0.1, -0.05) is 38.5 Å². The first kappa shape index (κ1) is 25.1. The molecule has 0 spiro atoms. The first-order valence-corrected chi connectivity index (χ1v) is 12.2. The van der Waals surface area contributed by atoms with Crippen molar-refractivity contribution in [2.45, 2.75) is 50.3 Å². The van der Waals surface area contributed by atoms with Gasteiger partial charge in [-0.2, -0.15) is 0 Å². The Morgan fingerprint density at radius 1 is 1.10 bits per heavy atom. The Balaban J connectivity index is 2.04. The van der Waals surface area contributed by atoms with E-state index in [9.17, 15) is 14.4 Å². The van der Waals surface area contributed by atoms with Gasteiger partial charge in [-0.05, 0) is 31.0 Å². The quantitative estimate of drug-likeness (QED) is 0.178. The summed E-state index contributed by atoms with van der Waals surface area (Å²) >= 11 is 2.82. The Hall–Kier alpha value is -2.13. The number of fused-ring (bicyclic) bond motifs is 1. The number of aromatic nitrogens is 1. The van der Waals surface area contributed by atoms with Crippen LogP contribution < -0.4 is 0 Å². The van der Waals surface area contributed by atoms with Crippen LogP contribution in [0, 0.1) is 5.92 Å². The van der Waals surface area contributed by atoms with Crippen molar-refractivity contribution in [1.82, 2.24) is 4.98 Å². The highest BCUT2D eigenvalue weighted by Crippen LogP contribution is 2.32. The van der Waals surface area contributed by atoms with Gasteiger partial charge in [0.15, 0.2) is 4.34 Å². The zero-order chi connectivity index (χ0) is 22.6. The smallest absolute Gasteiger partial charge is 0.337 e. The van der Waals surface area contributed by atoms with Crippen molar-refractivity contribution in [2.75, 3.05) is 26.1 Å². The molecule has 1 unspecified atom stereocenters. The predicted octanol–water partition coefficient (Wildman–Crippen LogP) is 4.87. The Kier molecular flexibility index (Phi) is 10.8. The third kappa shape index (κ3) is 8.14. The van der Waals surface area contributed by atoms with Crippen molar-refractivity contribution in [3.8, 4) is 0 Å². The predicted molar refractivity (Wildman–Crippen MR) is 122 cm³/mol. The molecule has 9 heteroatoms. The second-order valence-corrected chi connectivity index (χ2v) is 9.26. The molecule has 0 N–H and O–H groups in total. The summed E-state index contributed by atoms with van der Waals surface area (Å²) in [5.41, 5.74) is 1.23. The van der Waals surface area contributed by atoms with E-state index in [0.29, 0.717) is 24.5 Å². The number of benzene rings is 1. The topological polar surface area (TPSA) is 91.8 Å². The highest BCUT2D eigenvalue weighted by Gasteiger charge is 2.25. The second-order valence-electron chi connectivity index (χ2n) is 6.96. The number of carbonyl (C=O) groups excluding carboxylic acids is 3. The van der Waals surface area contributed by atoms with Crippen molar-refractivity contribution < 1.29 is 28.6 Å². The first-order chi connectivity index (χ1) is 15.0. The summed E-state index contributed by atoms with van der Waals surface area (Å²) in [4.78, 5) is 40.9. The van der Waals surface area contributed by atoms with E-state index in [1.807, 2.05) is 13.8 Å². The number of hydrogen-bond donors (Lipinski definition) is 0. The number of methoxy groups -OCH3 is 1. The summed E-state index contributed by atoms with van der Waals surface area (Å²) in [5, 5.41) is 0. The van der Waals surface area contributed by atoms with Gasteiger partial charge in [0.05, 0.1) is 48.4 Å². The molecule has 0 aliphatic rings.